The monoisotopic (exact) mass is 236 g/mol. The molecule has 0 aliphatic heterocycles. The van der Waals surface area contributed by atoms with Crippen molar-refractivity contribution in [1.29, 1.82) is 0 Å². The molecular formula is C14H24N2O. The fourth-order valence-corrected chi connectivity index (χ4v) is 2.09. The summed E-state index contributed by atoms with van der Waals surface area (Å²) in [5.41, 5.74) is 1.29. The highest BCUT2D eigenvalue weighted by molar-refractivity contribution is 5.28. The van der Waals surface area contributed by atoms with Crippen LogP contribution in [0.25, 0.3) is 0 Å². The van der Waals surface area contributed by atoms with E-state index in [9.17, 15) is 0 Å². The molecule has 0 aliphatic rings. The van der Waals surface area contributed by atoms with Gasteiger partial charge in [0.25, 0.3) is 0 Å². The lowest BCUT2D eigenvalue weighted by molar-refractivity contribution is 0.276. The first kappa shape index (κ1) is 14.0. The first-order valence-electron chi connectivity index (χ1n) is 6.11. The van der Waals surface area contributed by atoms with Crippen LogP contribution < -0.4 is 10.1 Å². The number of methoxy groups -OCH3 is 1. The molecule has 0 spiro atoms. The van der Waals surface area contributed by atoms with Gasteiger partial charge in [-0.1, -0.05) is 19.1 Å². The zero-order valence-electron chi connectivity index (χ0n) is 11.4. The molecule has 0 heterocycles. The van der Waals surface area contributed by atoms with Crippen molar-refractivity contribution in [2.45, 2.75) is 13.5 Å². The molecule has 1 rings (SSSR count). The summed E-state index contributed by atoms with van der Waals surface area (Å²) in [6, 6.07) is 8.26. The van der Waals surface area contributed by atoms with Gasteiger partial charge in [0.05, 0.1) is 7.11 Å². The maximum absolute atomic E-state index is 5.23. The van der Waals surface area contributed by atoms with Gasteiger partial charge in [-0.3, -0.25) is 0 Å². The van der Waals surface area contributed by atoms with Crippen LogP contribution in [0.3, 0.4) is 0 Å². The number of nitrogens with zero attached hydrogens (tertiary/aromatic N) is 1. The summed E-state index contributed by atoms with van der Waals surface area (Å²) in [6.45, 7) is 5.38. The number of hydrogen-bond acceptors (Lipinski definition) is 3. The highest BCUT2D eigenvalue weighted by Gasteiger charge is 2.06. The van der Waals surface area contributed by atoms with Crippen molar-refractivity contribution >= 4 is 0 Å². The predicted molar refractivity (Wildman–Crippen MR) is 72.4 cm³/mol. The summed E-state index contributed by atoms with van der Waals surface area (Å²) < 4.78 is 5.23. The highest BCUT2D eigenvalue weighted by atomic mass is 16.5. The SMILES string of the molecule is CNCC(C)CN(C)Cc1cccc(OC)c1. The van der Waals surface area contributed by atoms with Gasteiger partial charge in [-0.15, -0.1) is 0 Å². The molecule has 0 aromatic heterocycles. The lowest BCUT2D eigenvalue weighted by atomic mass is 10.1. The van der Waals surface area contributed by atoms with Crippen molar-refractivity contribution in [3.8, 4) is 5.75 Å². The van der Waals surface area contributed by atoms with E-state index in [1.165, 1.54) is 5.56 Å². The molecule has 0 saturated carbocycles. The molecule has 0 aliphatic carbocycles. The Morgan fingerprint density at radius 3 is 2.82 bits per heavy atom. The van der Waals surface area contributed by atoms with Gasteiger partial charge in [0.1, 0.15) is 5.75 Å². The Morgan fingerprint density at radius 1 is 1.41 bits per heavy atom. The van der Waals surface area contributed by atoms with Gasteiger partial charge in [-0.25, -0.2) is 0 Å². The second kappa shape index (κ2) is 7.30. The van der Waals surface area contributed by atoms with Gasteiger partial charge in [-0.2, -0.15) is 0 Å². The third kappa shape index (κ3) is 5.20. The first-order valence-corrected chi connectivity index (χ1v) is 6.11. The zero-order chi connectivity index (χ0) is 12.7. The topological polar surface area (TPSA) is 24.5 Å². The average Bonchev–Trinajstić information content (AvgIpc) is 2.29. The Hall–Kier alpha value is -1.06. The van der Waals surface area contributed by atoms with Crippen molar-refractivity contribution < 1.29 is 4.74 Å². The molecule has 0 bridgehead atoms. The number of nitrogens with one attached hydrogen (secondary N) is 1. The van der Waals surface area contributed by atoms with E-state index < -0.39 is 0 Å². The summed E-state index contributed by atoms with van der Waals surface area (Å²) in [7, 11) is 5.86. The molecule has 1 atom stereocenters. The van der Waals surface area contributed by atoms with Crippen LogP contribution in [0.4, 0.5) is 0 Å². The summed E-state index contributed by atoms with van der Waals surface area (Å²) in [5.74, 6) is 1.59. The van der Waals surface area contributed by atoms with Crippen molar-refractivity contribution in [2.24, 2.45) is 5.92 Å². The third-order valence-corrected chi connectivity index (χ3v) is 2.76. The van der Waals surface area contributed by atoms with Crippen molar-refractivity contribution in [3.05, 3.63) is 29.8 Å². The van der Waals surface area contributed by atoms with Gasteiger partial charge in [0, 0.05) is 13.1 Å². The van der Waals surface area contributed by atoms with Gasteiger partial charge in [0.2, 0.25) is 0 Å². The second-order valence-electron chi connectivity index (χ2n) is 4.71. The second-order valence-corrected chi connectivity index (χ2v) is 4.71. The van der Waals surface area contributed by atoms with Crippen molar-refractivity contribution in [2.75, 3.05) is 34.3 Å². The summed E-state index contributed by atoms with van der Waals surface area (Å²) in [4.78, 5) is 2.34. The van der Waals surface area contributed by atoms with E-state index in [4.69, 9.17) is 4.74 Å². The molecule has 0 saturated heterocycles. The molecule has 96 valence electrons. The van der Waals surface area contributed by atoms with Crippen molar-refractivity contribution in [1.82, 2.24) is 10.2 Å². The molecule has 1 aromatic rings. The van der Waals surface area contributed by atoms with Crippen LogP contribution in [0, 0.1) is 5.92 Å². The Bertz CT molecular complexity index is 328. The van der Waals surface area contributed by atoms with E-state index >= 15 is 0 Å². The lowest BCUT2D eigenvalue weighted by Crippen LogP contribution is -2.29. The number of rotatable bonds is 7. The highest BCUT2D eigenvalue weighted by Crippen LogP contribution is 2.14. The largest absolute Gasteiger partial charge is 0.497 e. The third-order valence-electron chi connectivity index (χ3n) is 2.76. The fourth-order valence-electron chi connectivity index (χ4n) is 2.09. The lowest BCUT2D eigenvalue weighted by Gasteiger charge is -2.21. The number of benzene rings is 1. The molecule has 1 unspecified atom stereocenters. The maximum atomic E-state index is 5.23. The van der Waals surface area contributed by atoms with E-state index in [0.29, 0.717) is 5.92 Å². The normalized spacial score (nSPS) is 12.8. The van der Waals surface area contributed by atoms with Crippen LogP contribution in [0.2, 0.25) is 0 Å². The van der Waals surface area contributed by atoms with Gasteiger partial charge in [-0.05, 0) is 44.3 Å². The van der Waals surface area contributed by atoms with Gasteiger partial charge >= 0.3 is 0 Å². The Kier molecular flexibility index (Phi) is 6.01. The van der Waals surface area contributed by atoms with E-state index in [0.717, 1.165) is 25.4 Å². The van der Waals surface area contributed by atoms with Crippen LogP contribution in [-0.2, 0) is 6.54 Å². The minimum atomic E-state index is 0.663. The van der Waals surface area contributed by atoms with Crippen LogP contribution in [-0.4, -0.2) is 39.2 Å². The van der Waals surface area contributed by atoms with Crippen LogP contribution in [0.1, 0.15) is 12.5 Å². The standard InChI is InChI=1S/C14H24N2O/c1-12(9-15-2)10-16(3)11-13-6-5-7-14(8-13)17-4/h5-8,12,15H,9-11H2,1-4H3. The molecule has 0 fully saturated rings. The molecule has 3 nitrogen and oxygen atoms in total. The molecule has 1 aromatic carbocycles. The predicted octanol–water partition coefficient (Wildman–Crippen LogP) is 1.98. The molecule has 1 N–H and O–H groups in total. The Balaban J connectivity index is 2.46. The summed E-state index contributed by atoms with van der Waals surface area (Å²) >= 11 is 0. The average molecular weight is 236 g/mol. The Labute approximate surface area is 105 Å². The Morgan fingerprint density at radius 2 is 2.18 bits per heavy atom. The van der Waals surface area contributed by atoms with E-state index in [2.05, 4.69) is 36.3 Å². The summed E-state index contributed by atoms with van der Waals surface area (Å²) in [5, 5.41) is 3.21. The molecule has 0 radical (unpaired) electrons. The van der Waals surface area contributed by atoms with Gasteiger partial charge < -0.3 is 15.0 Å². The van der Waals surface area contributed by atoms with Crippen LogP contribution in [0.15, 0.2) is 24.3 Å². The molecule has 3 heteroatoms. The van der Waals surface area contributed by atoms with Crippen molar-refractivity contribution in [3.63, 3.8) is 0 Å². The van der Waals surface area contributed by atoms with Crippen LogP contribution in [0.5, 0.6) is 5.75 Å². The van der Waals surface area contributed by atoms with E-state index in [1.807, 2.05) is 19.2 Å². The zero-order valence-corrected chi connectivity index (χ0v) is 11.4. The van der Waals surface area contributed by atoms with Crippen LogP contribution >= 0.6 is 0 Å². The quantitative estimate of drug-likeness (QED) is 0.783. The fraction of sp³-hybridized carbons (Fsp3) is 0.571. The first-order chi connectivity index (χ1) is 8.15. The number of ether oxygens (including phenoxy) is 1. The number of hydrogen-bond donors (Lipinski definition) is 1. The molecule has 17 heavy (non-hydrogen) atoms. The molecular weight excluding hydrogens is 212 g/mol. The van der Waals surface area contributed by atoms with E-state index in [-0.39, 0.29) is 0 Å². The molecule has 0 amide bonds. The van der Waals surface area contributed by atoms with E-state index in [1.54, 1.807) is 7.11 Å². The summed E-state index contributed by atoms with van der Waals surface area (Å²) in [6.07, 6.45) is 0. The maximum Gasteiger partial charge on any atom is 0.119 e. The smallest absolute Gasteiger partial charge is 0.119 e. The minimum Gasteiger partial charge on any atom is -0.497 e. The minimum absolute atomic E-state index is 0.663. The van der Waals surface area contributed by atoms with Gasteiger partial charge in [0.15, 0.2) is 0 Å².